The van der Waals surface area contributed by atoms with E-state index in [1.54, 1.807) is 0 Å². The molecule has 0 radical (unpaired) electrons. The summed E-state index contributed by atoms with van der Waals surface area (Å²) in [7, 11) is 2.16. The van der Waals surface area contributed by atoms with E-state index in [1.807, 2.05) is 18.2 Å². The third-order valence-electron chi connectivity index (χ3n) is 3.58. The average Bonchev–Trinajstić information content (AvgIpc) is 2.42. The van der Waals surface area contributed by atoms with E-state index >= 15 is 0 Å². The summed E-state index contributed by atoms with van der Waals surface area (Å²) in [5.74, 6) is 0.740. The summed E-state index contributed by atoms with van der Waals surface area (Å²) < 4.78 is 7.07. The van der Waals surface area contributed by atoms with Crippen molar-refractivity contribution >= 4 is 26.8 Å². The lowest BCUT2D eigenvalue weighted by molar-refractivity contribution is 0.110. The van der Waals surface area contributed by atoms with Crippen LogP contribution in [0.4, 0.5) is 0 Å². The lowest BCUT2D eigenvalue weighted by atomic mass is 10.1. The first kappa shape index (κ1) is 12.9. The van der Waals surface area contributed by atoms with Crippen molar-refractivity contribution in [2.45, 2.75) is 18.9 Å². The molecule has 3 rings (SSSR count). The number of pyridine rings is 1. The molecule has 4 heteroatoms. The lowest BCUT2D eigenvalue weighted by Crippen LogP contribution is -2.35. The Morgan fingerprint density at radius 3 is 2.79 bits per heavy atom. The topological polar surface area (TPSA) is 25.4 Å². The molecule has 1 aliphatic heterocycles. The molecular weight excluding hydrogens is 304 g/mol. The van der Waals surface area contributed by atoms with Gasteiger partial charge in [-0.1, -0.05) is 15.9 Å². The predicted octanol–water partition coefficient (Wildman–Crippen LogP) is 3.47. The highest BCUT2D eigenvalue weighted by atomic mass is 79.9. The van der Waals surface area contributed by atoms with Crippen LogP contribution in [-0.4, -0.2) is 36.1 Å². The molecule has 1 aromatic heterocycles. The van der Waals surface area contributed by atoms with Crippen molar-refractivity contribution in [3.8, 4) is 5.88 Å². The molecule has 2 aromatic rings. The standard InChI is InChI=1S/C15H17BrN2O/c1-18-8-6-13(7-9-18)19-15-5-2-11-10-12(16)3-4-14(11)17-15/h2-5,10,13H,6-9H2,1H3. The van der Waals surface area contributed by atoms with Crippen LogP contribution in [0.1, 0.15) is 12.8 Å². The molecule has 1 fully saturated rings. The molecular formula is C15H17BrN2O. The second-order valence-electron chi connectivity index (χ2n) is 5.11. The van der Waals surface area contributed by atoms with Crippen LogP contribution in [0.15, 0.2) is 34.8 Å². The van der Waals surface area contributed by atoms with Gasteiger partial charge < -0.3 is 9.64 Å². The summed E-state index contributed by atoms with van der Waals surface area (Å²) in [6.07, 6.45) is 2.46. The summed E-state index contributed by atoms with van der Waals surface area (Å²) in [5.41, 5.74) is 0.980. The number of fused-ring (bicyclic) bond motifs is 1. The summed E-state index contributed by atoms with van der Waals surface area (Å²) in [6.45, 7) is 2.20. The molecule has 2 heterocycles. The van der Waals surface area contributed by atoms with Crippen molar-refractivity contribution in [2.75, 3.05) is 20.1 Å². The number of hydrogen-bond donors (Lipinski definition) is 0. The molecule has 0 N–H and O–H groups in total. The first-order valence-corrected chi connectivity index (χ1v) is 7.41. The van der Waals surface area contributed by atoms with Crippen molar-refractivity contribution in [2.24, 2.45) is 0 Å². The number of benzene rings is 1. The Hall–Kier alpha value is -1.13. The Morgan fingerprint density at radius 1 is 1.21 bits per heavy atom. The molecule has 0 bridgehead atoms. The number of ether oxygens (including phenoxy) is 1. The third-order valence-corrected chi connectivity index (χ3v) is 4.07. The fourth-order valence-electron chi connectivity index (χ4n) is 2.42. The van der Waals surface area contributed by atoms with E-state index in [4.69, 9.17) is 4.74 Å². The molecule has 0 amide bonds. The van der Waals surface area contributed by atoms with Crippen LogP contribution in [-0.2, 0) is 0 Å². The Labute approximate surface area is 121 Å². The van der Waals surface area contributed by atoms with Gasteiger partial charge in [-0.15, -0.1) is 0 Å². The zero-order valence-corrected chi connectivity index (χ0v) is 12.6. The van der Waals surface area contributed by atoms with E-state index in [1.165, 1.54) is 0 Å². The van der Waals surface area contributed by atoms with E-state index in [0.717, 1.165) is 47.2 Å². The highest BCUT2D eigenvalue weighted by Crippen LogP contribution is 2.22. The minimum absolute atomic E-state index is 0.302. The van der Waals surface area contributed by atoms with Gasteiger partial charge in [-0.25, -0.2) is 4.98 Å². The van der Waals surface area contributed by atoms with E-state index in [2.05, 4.69) is 45.0 Å². The molecule has 19 heavy (non-hydrogen) atoms. The zero-order valence-electron chi connectivity index (χ0n) is 11.0. The molecule has 0 aliphatic carbocycles. The Kier molecular flexibility index (Phi) is 3.71. The lowest BCUT2D eigenvalue weighted by Gasteiger charge is -2.28. The van der Waals surface area contributed by atoms with E-state index in [-0.39, 0.29) is 0 Å². The summed E-state index contributed by atoms with van der Waals surface area (Å²) in [4.78, 5) is 6.91. The number of rotatable bonds is 2. The number of nitrogens with zero attached hydrogens (tertiary/aromatic N) is 2. The van der Waals surface area contributed by atoms with Crippen LogP contribution in [0.2, 0.25) is 0 Å². The van der Waals surface area contributed by atoms with Crippen molar-refractivity contribution in [1.82, 2.24) is 9.88 Å². The second kappa shape index (κ2) is 5.47. The van der Waals surface area contributed by atoms with Gasteiger partial charge in [-0.2, -0.15) is 0 Å². The maximum absolute atomic E-state index is 5.99. The van der Waals surface area contributed by atoms with Crippen LogP contribution in [0.25, 0.3) is 10.9 Å². The summed E-state index contributed by atoms with van der Waals surface area (Å²) in [6, 6.07) is 10.1. The van der Waals surface area contributed by atoms with Crippen molar-refractivity contribution in [3.63, 3.8) is 0 Å². The monoisotopic (exact) mass is 320 g/mol. The fourth-order valence-corrected chi connectivity index (χ4v) is 2.80. The van der Waals surface area contributed by atoms with Gasteiger partial charge >= 0.3 is 0 Å². The van der Waals surface area contributed by atoms with Crippen molar-refractivity contribution < 1.29 is 4.74 Å². The molecule has 1 aliphatic rings. The van der Waals surface area contributed by atoms with Crippen molar-refractivity contribution in [1.29, 1.82) is 0 Å². The van der Waals surface area contributed by atoms with Crippen molar-refractivity contribution in [3.05, 3.63) is 34.8 Å². The van der Waals surface area contributed by atoms with E-state index < -0.39 is 0 Å². The van der Waals surface area contributed by atoms with Gasteiger partial charge in [0.25, 0.3) is 0 Å². The number of halogens is 1. The number of aromatic nitrogens is 1. The number of likely N-dealkylation sites (tertiary alicyclic amines) is 1. The largest absolute Gasteiger partial charge is 0.474 e. The maximum atomic E-state index is 5.99. The number of hydrogen-bond acceptors (Lipinski definition) is 3. The molecule has 3 nitrogen and oxygen atoms in total. The van der Waals surface area contributed by atoms with Crippen LogP contribution in [0, 0.1) is 0 Å². The minimum Gasteiger partial charge on any atom is -0.474 e. The van der Waals surface area contributed by atoms with Gasteiger partial charge in [-0.3, -0.25) is 0 Å². The highest BCUT2D eigenvalue weighted by molar-refractivity contribution is 9.10. The van der Waals surface area contributed by atoms with Crippen LogP contribution in [0.3, 0.4) is 0 Å². The number of piperidine rings is 1. The van der Waals surface area contributed by atoms with Gasteiger partial charge in [-0.05, 0) is 44.2 Å². The van der Waals surface area contributed by atoms with E-state index in [0.29, 0.717) is 6.10 Å². The fraction of sp³-hybridized carbons (Fsp3) is 0.400. The van der Waals surface area contributed by atoms with Gasteiger partial charge in [0.15, 0.2) is 0 Å². The van der Waals surface area contributed by atoms with Gasteiger partial charge in [0, 0.05) is 29.0 Å². The third kappa shape index (κ3) is 3.07. The zero-order chi connectivity index (χ0) is 13.2. The summed E-state index contributed by atoms with van der Waals surface area (Å²) >= 11 is 3.47. The minimum atomic E-state index is 0.302. The average molecular weight is 321 g/mol. The molecule has 0 spiro atoms. The van der Waals surface area contributed by atoms with Gasteiger partial charge in [0.2, 0.25) is 5.88 Å². The van der Waals surface area contributed by atoms with Crippen LogP contribution in [0.5, 0.6) is 5.88 Å². The van der Waals surface area contributed by atoms with Gasteiger partial charge in [0.1, 0.15) is 6.10 Å². The normalized spacial score (nSPS) is 17.8. The SMILES string of the molecule is CN1CCC(Oc2ccc3cc(Br)ccc3n2)CC1. The maximum Gasteiger partial charge on any atom is 0.214 e. The molecule has 0 atom stereocenters. The quantitative estimate of drug-likeness (QED) is 0.847. The Bertz CT molecular complexity index is 579. The predicted molar refractivity (Wildman–Crippen MR) is 80.6 cm³/mol. The van der Waals surface area contributed by atoms with Crippen LogP contribution < -0.4 is 4.74 Å². The molecule has 0 saturated carbocycles. The van der Waals surface area contributed by atoms with E-state index in [9.17, 15) is 0 Å². The van der Waals surface area contributed by atoms with Crippen LogP contribution >= 0.6 is 15.9 Å². The first-order valence-electron chi connectivity index (χ1n) is 6.62. The molecule has 100 valence electrons. The Balaban J connectivity index is 1.76. The molecule has 1 saturated heterocycles. The van der Waals surface area contributed by atoms with Gasteiger partial charge in [0.05, 0.1) is 5.52 Å². The first-order chi connectivity index (χ1) is 9.20. The Morgan fingerprint density at radius 2 is 2.00 bits per heavy atom. The molecule has 1 aromatic carbocycles. The summed E-state index contributed by atoms with van der Waals surface area (Å²) in [5, 5.41) is 1.13. The second-order valence-corrected chi connectivity index (χ2v) is 6.02. The smallest absolute Gasteiger partial charge is 0.214 e. The molecule has 0 unspecified atom stereocenters. The highest BCUT2D eigenvalue weighted by Gasteiger charge is 2.18.